The van der Waals surface area contributed by atoms with Gasteiger partial charge in [0.25, 0.3) is 5.91 Å². The normalized spacial score (nSPS) is 10.4. The quantitative estimate of drug-likeness (QED) is 0.789. The number of anilines is 1. The van der Waals surface area contributed by atoms with Crippen LogP contribution in [0.25, 0.3) is 0 Å². The Morgan fingerprint density at radius 1 is 1.42 bits per heavy atom. The lowest BCUT2D eigenvalue weighted by Gasteiger charge is -2.04. The number of aromatic nitrogens is 2. The fourth-order valence-electron chi connectivity index (χ4n) is 1.81. The number of H-pyrrole nitrogens is 1. The zero-order chi connectivity index (χ0) is 13.8. The summed E-state index contributed by atoms with van der Waals surface area (Å²) in [6, 6.07) is 6.56. The Morgan fingerprint density at radius 2 is 2.21 bits per heavy atom. The van der Waals surface area contributed by atoms with Crippen molar-refractivity contribution in [1.82, 2.24) is 10.2 Å². The van der Waals surface area contributed by atoms with E-state index in [2.05, 4.69) is 22.4 Å². The lowest BCUT2D eigenvalue weighted by molar-refractivity contribution is 0.102. The van der Waals surface area contributed by atoms with Gasteiger partial charge in [0.15, 0.2) is 5.82 Å². The summed E-state index contributed by atoms with van der Waals surface area (Å²) >= 11 is 0. The van der Waals surface area contributed by atoms with Crippen molar-refractivity contribution >= 4 is 11.7 Å². The van der Waals surface area contributed by atoms with E-state index in [1.54, 1.807) is 19.1 Å². The molecular weight excluding hydrogens is 242 g/mol. The smallest absolute Gasteiger partial charge is 0.256 e. The van der Waals surface area contributed by atoms with E-state index in [0.717, 1.165) is 18.5 Å². The van der Waals surface area contributed by atoms with E-state index < -0.39 is 0 Å². The van der Waals surface area contributed by atoms with Crippen LogP contribution in [0.2, 0.25) is 0 Å². The van der Waals surface area contributed by atoms with Gasteiger partial charge in [0.05, 0.1) is 0 Å². The van der Waals surface area contributed by atoms with Gasteiger partial charge in [-0.2, -0.15) is 5.10 Å². The predicted octanol–water partition coefficient (Wildman–Crippen LogP) is 2.63. The molecule has 0 saturated carbocycles. The molecule has 0 bridgehead atoms. The summed E-state index contributed by atoms with van der Waals surface area (Å²) in [5.41, 5.74) is 2.16. The highest BCUT2D eigenvalue weighted by atomic mass is 16.3. The standard InChI is InChI=1S/C14H17N3O2/c1-3-4-11-8-13(17-16-11)15-14(19)10-5-6-12(18)9(2)7-10/h5-8,18H,3-4H2,1-2H3,(H2,15,16,17,19). The average Bonchev–Trinajstić information content (AvgIpc) is 2.80. The molecule has 19 heavy (non-hydrogen) atoms. The van der Waals surface area contributed by atoms with Crippen LogP contribution >= 0.6 is 0 Å². The Bertz CT molecular complexity index is 590. The summed E-state index contributed by atoms with van der Waals surface area (Å²) in [6.07, 6.45) is 1.92. The maximum atomic E-state index is 12.0. The first-order valence-electron chi connectivity index (χ1n) is 6.25. The van der Waals surface area contributed by atoms with Gasteiger partial charge in [0, 0.05) is 17.3 Å². The van der Waals surface area contributed by atoms with Gasteiger partial charge in [-0.15, -0.1) is 0 Å². The van der Waals surface area contributed by atoms with Crippen LogP contribution in [0.15, 0.2) is 24.3 Å². The van der Waals surface area contributed by atoms with Gasteiger partial charge in [-0.3, -0.25) is 9.89 Å². The Hall–Kier alpha value is -2.30. The van der Waals surface area contributed by atoms with E-state index in [1.165, 1.54) is 6.07 Å². The first kappa shape index (κ1) is 13.1. The second kappa shape index (κ2) is 5.56. The van der Waals surface area contributed by atoms with Gasteiger partial charge in [-0.1, -0.05) is 13.3 Å². The van der Waals surface area contributed by atoms with Crippen molar-refractivity contribution in [2.45, 2.75) is 26.7 Å². The number of aromatic hydroxyl groups is 1. The zero-order valence-corrected chi connectivity index (χ0v) is 11.0. The number of nitrogens with zero attached hydrogens (tertiary/aromatic N) is 1. The molecule has 0 spiro atoms. The lowest BCUT2D eigenvalue weighted by Crippen LogP contribution is -2.12. The van der Waals surface area contributed by atoms with Gasteiger partial charge in [-0.05, 0) is 37.1 Å². The third kappa shape index (κ3) is 3.13. The topological polar surface area (TPSA) is 78.0 Å². The summed E-state index contributed by atoms with van der Waals surface area (Å²) in [7, 11) is 0. The second-order valence-corrected chi connectivity index (χ2v) is 4.48. The number of carbonyl (C=O) groups excluding carboxylic acids is 1. The van der Waals surface area contributed by atoms with Gasteiger partial charge in [-0.25, -0.2) is 0 Å². The summed E-state index contributed by atoms with van der Waals surface area (Å²) in [6.45, 7) is 3.83. The van der Waals surface area contributed by atoms with Gasteiger partial charge < -0.3 is 10.4 Å². The van der Waals surface area contributed by atoms with Crippen LogP contribution < -0.4 is 5.32 Å². The number of benzene rings is 1. The SMILES string of the molecule is CCCc1cc(NC(=O)c2ccc(O)c(C)c2)n[nH]1. The molecule has 1 heterocycles. The highest BCUT2D eigenvalue weighted by molar-refractivity contribution is 6.04. The van der Waals surface area contributed by atoms with Crippen LogP contribution in [0.3, 0.4) is 0 Å². The summed E-state index contributed by atoms with van der Waals surface area (Å²) < 4.78 is 0. The number of amides is 1. The Morgan fingerprint density at radius 3 is 2.89 bits per heavy atom. The fraction of sp³-hybridized carbons (Fsp3) is 0.286. The molecule has 3 N–H and O–H groups in total. The molecule has 0 unspecified atom stereocenters. The molecule has 5 nitrogen and oxygen atoms in total. The molecule has 0 aliphatic rings. The summed E-state index contributed by atoms with van der Waals surface area (Å²) in [4.78, 5) is 12.0. The number of carbonyl (C=O) groups is 1. The maximum Gasteiger partial charge on any atom is 0.256 e. The van der Waals surface area contributed by atoms with Crippen LogP contribution in [0.4, 0.5) is 5.82 Å². The van der Waals surface area contributed by atoms with E-state index in [1.807, 2.05) is 6.07 Å². The van der Waals surface area contributed by atoms with Crippen molar-refractivity contribution in [3.05, 3.63) is 41.1 Å². The minimum atomic E-state index is -0.238. The van der Waals surface area contributed by atoms with Crippen LogP contribution in [0, 0.1) is 6.92 Å². The molecule has 0 aliphatic heterocycles. The van der Waals surface area contributed by atoms with E-state index in [0.29, 0.717) is 16.9 Å². The Kier molecular flexibility index (Phi) is 3.85. The number of aromatic amines is 1. The van der Waals surface area contributed by atoms with Crippen molar-refractivity contribution in [3.8, 4) is 5.75 Å². The van der Waals surface area contributed by atoms with Crippen molar-refractivity contribution < 1.29 is 9.90 Å². The minimum absolute atomic E-state index is 0.182. The molecule has 0 saturated heterocycles. The van der Waals surface area contributed by atoms with Crippen molar-refractivity contribution in [3.63, 3.8) is 0 Å². The Labute approximate surface area is 111 Å². The lowest BCUT2D eigenvalue weighted by atomic mass is 10.1. The summed E-state index contributed by atoms with van der Waals surface area (Å²) in [5.74, 6) is 0.457. The van der Waals surface area contributed by atoms with Gasteiger partial charge >= 0.3 is 0 Å². The molecular formula is C14H17N3O2. The molecule has 1 aromatic carbocycles. The highest BCUT2D eigenvalue weighted by Crippen LogP contribution is 2.18. The minimum Gasteiger partial charge on any atom is -0.508 e. The molecule has 100 valence electrons. The largest absolute Gasteiger partial charge is 0.508 e. The molecule has 0 aliphatic carbocycles. The number of phenolic OH excluding ortho intramolecular Hbond substituents is 1. The maximum absolute atomic E-state index is 12.0. The van der Waals surface area contributed by atoms with E-state index in [-0.39, 0.29) is 11.7 Å². The average molecular weight is 259 g/mol. The number of hydrogen-bond acceptors (Lipinski definition) is 3. The van der Waals surface area contributed by atoms with Crippen LogP contribution in [0.5, 0.6) is 5.75 Å². The van der Waals surface area contributed by atoms with Gasteiger partial charge in [0.2, 0.25) is 0 Å². The number of phenols is 1. The van der Waals surface area contributed by atoms with E-state index in [9.17, 15) is 9.90 Å². The predicted molar refractivity (Wildman–Crippen MR) is 73.4 cm³/mol. The monoisotopic (exact) mass is 259 g/mol. The first-order valence-corrected chi connectivity index (χ1v) is 6.25. The number of nitrogens with one attached hydrogen (secondary N) is 2. The Balaban J connectivity index is 2.09. The molecule has 5 heteroatoms. The molecule has 2 rings (SSSR count). The summed E-state index contributed by atoms with van der Waals surface area (Å²) in [5, 5.41) is 19.1. The van der Waals surface area contributed by atoms with E-state index >= 15 is 0 Å². The van der Waals surface area contributed by atoms with Gasteiger partial charge in [0.1, 0.15) is 5.75 Å². The molecule has 0 radical (unpaired) electrons. The van der Waals surface area contributed by atoms with Crippen molar-refractivity contribution in [2.75, 3.05) is 5.32 Å². The van der Waals surface area contributed by atoms with E-state index in [4.69, 9.17) is 0 Å². The van der Waals surface area contributed by atoms with Crippen LogP contribution in [-0.4, -0.2) is 21.2 Å². The number of rotatable bonds is 4. The molecule has 0 atom stereocenters. The fourth-order valence-corrected chi connectivity index (χ4v) is 1.81. The number of hydrogen-bond donors (Lipinski definition) is 3. The van der Waals surface area contributed by atoms with Crippen LogP contribution in [-0.2, 0) is 6.42 Å². The molecule has 1 aromatic heterocycles. The zero-order valence-electron chi connectivity index (χ0n) is 11.0. The molecule has 0 fully saturated rings. The van der Waals surface area contributed by atoms with Crippen molar-refractivity contribution in [2.24, 2.45) is 0 Å². The highest BCUT2D eigenvalue weighted by Gasteiger charge is 2.09. The van der Waals surface area contributed by atoms with Crippen molar-refractivity contribution in [1.29, 1.82) is 0 Å². The molecule has 2 aromatic rings. The third-order valence-electron chi connectivity index (χ3n) is 2.85. The number of aryl methyl sites for hydroxylation is 2. The van der Waals surface area contributed by atoms with Crippen LogP contribution in [0.1, 0.15) is 35.0 Å². The third-order valence-corrected chi connectivity index (χ3v) is 2.85. The molecule has 1 amide bonds. The first-order chi connectivity index (χ1) is 9.10. The second-order valence-electron chi connectivity index (χ2n) is 4.48.